The van der Waals surface area contributed by atoms with Gasteiger partial charge in [0.1, 0.15) is 6.10 Å². The van der Waals surface area contributed by atoms with Gasteiger partial charge in [-0.3, -0.25) is 19.1 Å². The molecule has 1 rings (SSSR count). The maximum atomic E-state index is 12.4. The van der Waals surface area contributed by atoms with Crippen LogP contribution >= 0.6 is 7.60 Å². The second kappa shape index (κ2) is 8.59. The number of aromatic nitrogens is 2. The van der Waals surface area contributed by atoms with Gasteiger partial charge >= 0.3 is 13.3 Å². The third-order valence-electron chi connectivity index (χ3n) is 4.30. The van der Waals surface area contributed by atoms with Crippen molar-refractivity contribution in [2.75, 3.05) is 6.61 Å². The molecule has 0 spiro atoms. The quantitative estimate of drug-likeness (QED) is 0.341. The molecule has 1 aromatic heterocycles. The molecule has 1 aromatic rings. The maximum Gasteiger partial charge on any atom is 0.357 e. The summed E-state index contributed by atoms with van der Waals surface area (Å²) >= 11 is 0. The minimum absolute atomic E-state index is 0.405. The van der Waals surface area contributed by atoms with E-state index in [1.807, 2.05) is 4.98 Å². The Morgan fingerprint density at radius 1 is 1.26 bits per heavy atom. The lowest BCUT2D eigenvalue weighted by atomic mass is 9.94. The smallest absolute Gasteiger partial charge is 0.357 e. The van der Waals surface area contributed by atoms with E-state index >= 15 is 0 Å². The zero-order valence-corrected chi connectivity index (χ0v) is 16.3. The molecule has 1 heterocycles. The Bertz CT molecular complexity index is 815. The number of hydrogen-bond acceptors (Lipinski definition) is 7. The molecular weight excluding hydrogens is 383 g/mol. The average molecular weight is 408 g/mol. The second-order valence-corrected chi connectivity index (χ2v) is 8.49. The number of aromatic amines is 1. The highest BCUT2D eigenvalue weighted by Crippen LogP contribution is 2.59. The van der Waals surface area contributed by atoms with Gasteiger partial charge in [-0.05, 0) is 11.8 Å². The molecule has 0 saturated heterocycles. The Hall–Kier alpha value is -1.62. The molecule has 11 nitrogen and oxygen atoms in total. The highest BCUT2D eigenvalue weighted by atomic mass is 31.2. The summed E-state index contributed by atoms with van der Waals surface area (Å²) in [6, 6.07) is 0.878. The summed E-state index contributed by atoms with van der Waals surface area (Å²) in [7, 11) is -4.92. The summed E-state index contributed by atoms with van der Waals surface area (Å²) < 4.78 is 18.0. The maximum absolute atomic E-state index is 12.4. The summed E-state index contributed by atoms with van der Waals surface area (Å²) in [5, 5.41) is 17.8. The van der Waals surface area contributed by atoms with Crippen molar-refractivity contribution in [2.45, 2.75) is 45.2 Å². The number of ether oxygens (including phenoxy) is 1. The molecule has 0 radical (unpaired) electrons. The Kier molecular flexibility index (Phi) is 7.45. The van der Waals surface area contributed by atoms with Crippen molar-refractivity contribution >= 4 is 13.5 Å². The lowest BCUT2D eigenvalue weighted by molar-refractivity contribution is -0.146. The number of hydrogen-bond donors (Lipinski definition) is 5. The second-order valence-electron chi connectivity index (χ2n) is 6.71. The molecule has 0 aliphatic heterocycles. The van der Waals surface area contributed by atoms with Crippen LogP contribution in [0.2, 0.25) is 0 Å². The molecular formula is C15H25N2O9P. The fourth-order valence-corrected chi connectivity index (χ4v) is 4.63. The van der Waals surface area contributed by atoms with Crippen LogP contribution in [-0.2, 0) is 9.30 Å². The summed E-state index contributed by atoms with van der Waals surface area (Å²) in [5.74, 6) is -2.72. The van der Waals surface area contributed by atoms with Crippen LogP contribution in [0.15, 0.2) is 21.9 Å². The van der Waals surface area contributed by atoms with E-state index in [4.69, 9.17) is 4.74 Å². The predicted octanol–water partition coefficient (Wildman–Crippen LogP) is -0.899. The molecule has 0 fully saturated rings. The molecule has 0 aromatic carbocycles. The molecule has 0 aliphatic carbocycles. The van der Waals surface area contributed by atoms with E-state index in [0.29, 0.717) is 4.57 Å². The highest BCUT2D eigenvalue weighted by Gasteiger charge is 2.55. The van der Waals surface area contributed by atoms with Crippen molar-refractivity contribution in [3.8, 4) is 0 Å². The summed E-state index contributed by atoms with van der Waals surface area (Å²) in [5.41, 5.74) is -1.87. The van der Waals surface area contributed by atoms with E-state index < -0.39 is 60.7 Å². The van der Waals surface area contributed by atoms with E-state index in [1.54, 1.807) is 0 Å². The monoisotopic (exact) mass is 408 g/mol. The molecule has 2 atom stereocenters. The first-order valence-electron chi connectivity index (χ1n) is 8.18. The normalized spacial score (nSPS) is 15.2. The van der Waals surface area contributed by atoms with E-state index in [9.17, 15) is 38.9 Å². The number of aliphatic hydroxyl groups is 2. The first-order valence-corrected chi connectivity index (χ1v) is 9.79. The molecule has 154 valence electrons. The van der Waals surface area contributed by atoms with Gasteiger partial charge in [-0.25, -0.2) is 9.36 Å². The third kappa shape index (κ3) is 4.63. The van der Waals surface area contributed by atoms with Gasteiger partial charge in [0.25, 0.3) is 11.5 Å². The van der Waals surface area contributed by atoms with Crippen LogP contribution < -0.4 is 11.2 Å². The number of H-pyrrole nitrogens is 1. The lowest BCUT2D eigenvalue weighted by Gasteiger charge is -2.43. The Balaban J connectivity index is 3.32. The number of nitrogens with zero attached hydrogens (tertiary/aromatic N) is 1. The molecule has 27 heavy (non-hydrogen) atoms. The van der Waals surface area contributed by atoms with Crippen molar-refractivity contribution in [3.63, 3.8) is 0 Å². The number of aliphatic hydroxyl groups excluding tert-OH is 2. The van der Waals surface area contributed by atoms with Gasteiger partial charge in [-0.1, -0.05) is 27.7 Å². The molecule has 0 aliphatic rings. The van der Waals surface area contributed by atoms with Crippen LogP contribution in [0, 0.1) is 11.8 Å². The van der Waals surface area contributed by atoms with Gasteiger partial charge in [-0.15, -0.1) is 0 Å². The zero-order valence-electron chi connectivity index (χ0n) is 15.4. The van der Waals surface area contributed by atoms with E-state index in [1.165, 1.54) is 27.7 Å². The van der Waals surface area contributed by atoms with Crippen LogP contribution in [0.25, 0.3) is 0 Å². The fourth-order valence-electron chi connectivity index (χ4n) is 3.02. The summed E-state index contributed by atoms with van der Waals surface area (Å²) in [6.07, 6.45) is -3.02. The molecule has 0 bridgehead atoms. The zero-order chi connectivity index (χ0) is 21.2. The van der Waals surface area contributed by atoms with Crippen LogP contribution in [0.1, 0.15) is 32.5 Å². The molecule has 5 N–H and O–H groups in total. The van der Waals surface area contributed by atoms with Crippen molar-refractivity contribution in [1.29, 1.82) is 0 Å². The first kappa shape index (κ1) is 23.4. The third-order valence-corrected chi connectivity index (χ3v) is 6.35. The molecule has 0 unspecified atom stereocenters. The first-order chi connectivity index (χ1) is 12.3. The van der Waals surface area contributed by atoms with E-state index in [0.717, 1.165) is 12.3 Å². The largest absolute Gasteiger partial charge is 0.394 e. The van der Waals surface area contributed by atoms with Crippen LogP contribution in [0.4, 0.5) is 0 Å². The van der Waals surface area contributed by atoms with E-state index in [2.05, 4.69) is 0 Å². The molecule has 0 amide bonds. The molecule has 0 saturated carbocycles. The van der Waals surface area contributed by atoms with E-state index in [-0.39, 0.29) is 0 Å². The van der Waals surface area contributed by atoms with Gasteiger partial charge in [0.05, 0.1) is 6.61 Å². The Morgan fingerprint density at radius 2 is 1.78 bits per heavy atom. The van der Waals surface area contributed by atoms with Crippen LogP contribution in [-0.4, -0.2) is 59.6 Å². The highest BCUT2D eigenvalue weighted by molar-refractivity contribution is 7.53. The lowest BCUT2D eigenvalue weighted by Crippen LogP contribution is -2.53. The minimum Gasteiger partial charge on any atom is -0.394 e. The summed E-state index contributed by atoms with van der Waals surface area (Å²) in [6.45, 7) is 5.02. The van der Waals surface area contributed by atoms with Crippen molar-refractivity contribution in [2.24, 2.45) is 11.8 Å². The van der Waals surface area contributed by atoms with Gasteiger partial charge in [-0.2, -0.15) is 0 Å². The molecule has 12 heteroatoms. The van der Waals surface area contributed by atoms with Gasteiger partial charge < -0.3 is 24.7 Å². The number of rotatable bonds is 8. The van der Waals surface area contributed by atoms with Crippen molar-refractivity contribution in [1.82, 2.24) is 9.55 Å². The predicted molar refractivity (Wildman–Crippen MR) is 94.4 cm³/mol. The van der Waals surface area contributed by atoms with Crippen LogP contribution in [0.3, 0.4) is 0 Å². The summed E-state index contributed by atoms with van der Waals surface area (Å²) in [4.78, 5) is 56.7. The Labute approximate surface area is 154 Å². The topological polar surface area (TPSA) is 179 Å². The van der Waals surface area contributed by atoms with Gasteiger partial charge in [0, 0.05) is 12.3 Å². The van der Waals surface area contributed by atoms with Crippen molar-refractivity contribution < 1.29 is 34.1 Å². The number of carbonyl (C=O) groups excluding carboxylic acids is 1. The SMILES string of the molecule is CC(C)C(O[C@@H](CO)[C@@H](O)C(=O)n1ccc(=O)[nH]c1=O)(C(C)C)P(=O)(O)O. The Morgan fingerprint density at radius 3 is 2.15 bits per heavy atom. The standard InChI is InChI=1S/C15H25N2O9P/c1-8(2)15(9(3)4,27(23,24)25)26-10(7-18)12(20)13(21)17-6-5-11(19)16-14(17)22/h5-6,8-10,12,18,20H,7H2,1-4H3,(H,16,19,22)(H2,23,24,25)/t10-,12+/m0/s1. The minimum atomic E-state index is -4.92. The average Bonchev–Trinajstić information content (AvgIpc) is 2.52. The van der Waals surface area contributed by atoms with Gasteiger partial charge in [0.15, 0.2) is 11.4 Å². The van der Waals surface area contributed by atoms with Crippen LogP contribution in [0.5, 0.6) is 0 Å². The van der Waals surface area contributed by atoms with Crippen molar-refractivity contribution in [3.05, 3.63) is 33.1 Å². The number of carbonyl (C=O) groups is 1. The van der Waals surface area contributed by atoms with Gasteiger partial charge in [0.2, 0.25) is 0 Å². The number of nitrogens with one attached hydrogen (secondary N) is 1. The fraction of sp³-hybridized carbons (Fsp3) is 0.667.